The summed E-state index contributed by atoms with van der Waals surface area (Å²) in [6, 6.07) is 0. The highest BCUT2D eigenvalue weighted by Crippen LogP contribution is 2.16. The molecule has 0 fully saturated rings. The van der Waals surface area contributed by atoms with Crippen molar-refractivity contribution in [1.29, 1.82) is 0 Å². The number of hydrogen-bond acceptors (Lipinski definition) is 3. The van der Waals surface area contributed by atoms with Crippen molar-refractivity contribution >= 4 is 6.21 Å². The molecule has 1 N–H and O–H groups in total. The molecule has 0 aromatic carbocycles. The lowest BCUT2D eigenvalue weighted by molar-refractivity contribution is 0.0238. The van der Waals surface area contributed by atoms with Gasteiger partial charge in [-0.15, -0.1) is 0 Å². The fourth-order valence-corrected chi connectivity index (χ4v) is 1.17. The molecule has 0 aliphatic carbocycles. The van der Waals surface area contributed by atoms with Gasteiger partial charge in [-0.1, -0.05) is 11.2 Å². The van der Waals surface area contributed by atoms with Gasteiger partial charge in [0.25, 0.3) is 0 Å². The highest BCUT2D eigenvalue weighted by atomic mass is 16.5. The molecule has 0 aromatic heterocycles. The predicted octanol–water partition coefficient (Wildman–Crippen LogP) is 1.57. The standard InChI is InChI=1S/C8H13NO2/c1-6-3-4-8(5-9-10)7(2)11-6/h4-7,10H,3H2,1-2H3/b9-5+. The summed E-state index contributed by atoms with van der Waals surface area (Å²) < 4.78 is 5.48. The van der Waals surface area contributed by atoms with Crippen LogP contribution in [0.15, 0.2) is 16.8 Å². The van der Waals surface area contributed by atoms with Crippen LogP contribution in [-0.2, 0) is 4.74 Å². The number of ether oxygens (including phenoxy) is 1. The SMILES string of the molecule is CC1CC=C(/C=N/O)C(C)O1. The van der Waals surface area contributed by atoms with E-state index < -0.39 is 0 Å². The first-order chi connectivity index (χ1) is 5.24. The van der Waals surface area contributed by atoms with E-state index in [4.69, 9.17) is 9.94 Å². The van der Waals surface area contributed by atoms with Gasteiger partial charge in [-0.2, -0.15) is 0 Å². The summed E-state index contributed by atoms with van der Waals surface area (Å²) in [7, 11) is 0. The molecule has 62 valence electrons. The van der Waals surface area contributed by atoms with Gasteiger partial charge in [-0.05, 0) is 25.8 Å². The van der Waals surface area contributed by atoms with Gasteiger partial charge in [-0.25, -0.2) is 0 Å². The average molecular weight is 155 g/mol. The third-order valence-corrected chi connectivity index (χ3v) is 1.80. The maximum Gasteiger partial charge on any atom is 0.0813 e. The lowest BCUT2D eigenvalue weighted by Crippen LogP contribution is -2.23. The van der Waals surface area contributed by atoms with E-state index in [-0.39, 0.29) is 12.2 Å². The fourth-order valence-electron chi connectivity index (χ4n) is 1.17. The van der Waals surface area contributed by atoms with E-state index in [0.29, 0.717) is 0 Å². The minimum atomic E-state index is 0.0506. The first kappa shape index (κ1) is 8.27. The zero-order valence-corrected chi connectivity index (χ0v) is 6.82. The van der Waals surface area contributed by atoms with Crippen molar-refractivity contribution in [2.75, 3.05) is 0 Å². The number of oxime groups is 1. The maximum absolute atomic E-state index is 8.28. The normalized spacial score (nSPS) is 32.4. The number of rotatable bonds is 1. The minimum absolute atomic E-state index is 0.0506. The fraction of sp³-hybridized carbons (Fsp3) is 0.625. The summed E-state index contributed by atoms with van der Waals surface area (Å²) in [4.78, 5) is 0. The van der Waals surface area contributed by atoms with E-state index in [2.05, 4.69) is 5.16 Å². The topological polar surface area (TPSA) is 41.8 Å². The van der Waals surface area contributed by atoms with Crippen molar-refractivity contribution in [2.24, 2.45) is 5.16 Å². The summed E-state index contributed by atoms with van der Waals surface area (Å²) in [5.74, 6) is 0. The molecule has 0 saturated heterocycles. The molecule has 1 heterocycles. The Kier molecular flexibility index (Phi) is 2.65. The molecule has 1 aliphatic rings. The molecule has 0 amide bonds. The highest BCUT2D eigenvalue weighted by Gasteiger charge is 2.16. The summed E-state index contributed by atoms with van der Waals surface area (Å²) in [5.41, 5.74) is 0.950. The Morgan fingerprint density at radius 2 is 2.45 bits per heavy atom. The van der Waals surface area contributed by atoms with Gasteiger partial charge in [0.05, 0.1) is 18.4 Å². The molecule has 1 aliphatic heterocycles. The smallest absolute Gasteiger partial charge is 0.0813 e. The van der Waals surface area contributed by atoms with E-state index in [1.54, 1.807) is 0 Å². The zero-order chi connectivity index (χ0) is 8.27. The van der Waals surface area contributed by atoms with E-state index >= 15 is 0 Å². The van der Waals surface area contributed by atoms with Crippen LogP contribution >= 0.6 is 0 Å². The molecular weight excluding hydrogens is 142 g/mol. The minimum Gasteiger partial charge on any atom is -0.411 e. The molecule has 11 heavy (non-hydrogen) atoms. The second-order valence-electron chi connectivity index (χ2n) is 2.77. The first-order valence-electron chi connectivity index (χ1n) is 3.77. The van der Waals surface area contributed by atoms with Gasteiger partial charge in [0.15, 0.2) is 0 Å². The largest absolute Gasteiger partial charge is 0.411 e. The highest BCUT2D eigenvalue weighted by molar-refractivity contribution is 5.79. The van der Waals surface area contributed by atoms with E-state index in [1.165, 1.54) is 6.21 Å². The van der Waals surface area contributed by atoms with Gasteiger partial charge in [0.1, 0.15) is 0 Å². The van der Waals surface area contributed by atoms with Crippen molar-refractivity contribution in [1.82, 2.24) is 0 Å². The Morgan fingerprint density at radius 1 is 1.73 bits per heavy atom. The number of nitrogens with zero attached hydrogens (tertiary/aromatic N) is 1. The Labute approximate surface area is 66.4 Å². The van der Waals surface area contributed by atoms with Crippen LogP contribution in [0.5, 0.6) is 0 Å². The zero-order valence-electron chi connectivity index (χ0n) is 6.82. The lowest BCUT2D eigenvalue weighted by atomic mass is 10.1. The van der Waals surface area contributed by atoms with Gasteiger partial charge in [-0.3, -0.25) is 0 Å². The van der Waals surface area contributed by atoms with Crippen molar-refractivity contribution in [3.8, 4) is 0 Å². The van der Waals surface area contributed by atoms with E-state index in [1.807, 2.05) is 19.9 Å². The Balaban J connectivity index is 2.64. The molecule has 0 saturated carbocycles. The van der Waals surface area contributed by atoms with Crippen molar-refractivity contribution in [2.45, 2.75) is 32.5 Å². The van der Waals surface area contributed by atoms with Crippen molar-refractivity contribution < 1.29 is 9.94 Å². The third-order valence-electron chi connectivity index (χ3n) is 1.80. The lowest BCUT2D eigenvalue weighted by Gasteiger charge is -2.23. The quantitative estimate of drug-likeness (QED) is 0.355. The molecule has 0 spiro atoms. The maximum atomic E-state index is 8.28. The van der Waals surface area contributed by atoms with Crippen molar-refractivity contribution in [3.63, 3.8) is 0 Å². The van der Waals surface area contributed by atoms with Gasteiger partial charge >= 0.3 is 0 Å². The molecule has 0 radical (unpaired) electrons. The Hall–Kier alpha value is -0.830. The number of hydrogen-bond donors (Lipinski definition) is 1. The molecule has 0 bridgehead atoms. The van der Waals surface area contributed by atoms with Crippen LogP contribution in [0, 0.1) is 0 Å². The molecule has 1 rings (SSSR count). The molecular formula is C8H13NO2. The van der Waals surface area contributed by atoms with Crippen LogP contribution in [0.25, 0.3) is 0 Å². The van der Waals surface area contributed by atoms with Gasteiger partial charge in [0.2, 0.25) is 0 Å². The molecule has 0 aromatic rings. The molecule has 2 atom stereocenters. The van der Waals surface area contributed by atoms with Crippen LogP contribution in [-0.4, -0.2) is 23.6 Å². The molecule has 3 heteroatoms. The van der Waals surface area contributed by atoms with Crippen LogP contribution < -0.4 is 0 Å². The van der Waals surface area contributed by atoms with Crippen LogP contribution in [0.2, 0.25) is 0 Å². The van der Waals surface area contributed by atoms with E-state index in [9.17, 15) is 0 Å². The first-order valence-corrected chi connectivity index (χ1v) is 3.77. The monoisotopic (exact) mass is 155 g/mol. The van der Waals surface area contributed by atoms with Gasteiger partial charge < -0.3 is 9.94 Å². The summed E-state index contributed by atoms with van der Waals surface area (Å²) in [5, 5.41) is 11.2. The summed E-state index contributed by atoms with van der Waals surface area (Å²) in [6.07, 6.45) is 4.69. The van der Waals surface area contributed by atoms with Crippen LogP contribution in [0.3, 0.4) is 0 Å². The van der Waals surface area contributed by atoms with Crippen molar-refractivity contribution in [3.05, 3.63) is 11.6 Å². The second kappa shape index (κ2) is 3.53. The Bertz CT molecular complexity index is 187. The summed E-state index contributed by atoms with van der Waals surface area (Å²) >= 11 is 0. The Morgan fingerprint density at radius 3 is 3.00 bits per heavy atom. The van der Waals surface area contributed by atoms with Crippen LogP contribution in [0.4, 0.5) is 0 Å². The second-order valence-corrected chi connectivity index (χ2v) is 2.77. The molecule has 2 unspecified atom stereocenters. The van der Waals surface area contributed by atoms with Gasteiger partial charge in [0, 0.05) is 0 Å². The molecule has 3 nitrogen and oxygen atoms in total. The average Bonchev–Trinajstić information content (AvgIpc) is 1.95. The van der Waals surface area contributed by atoms with E-state index in [0.717, 1.165) is 12.0 Å². The third kappa shape index (κ3) is 2.05. The summed E-state index contributed by atoms with van der Waals surface area (Å²) in [6.45, 7) is 3.98. The van der Waals surface area contributed by atoms with Crippen LogP contribution in [0.1, 0.15) is 20.3 Å². The predicted molar refractivity (Wildman–Crippen MR) is 43.0 cm³/mol.